The zero-order chi connectivity index (χ0) is 17.7. The van der Waals surface area contributed by atoms with Gasteiger partial charge in [0.1, 0.15) is 0 Å². The van der Waals surface area contributed by atoms with E-state index in [2.05, 4.69) is 10.6 Å². The summed E-state index contributed by atoms with van der Waals surface area (Å²) in [6.45, 7) is 5.49. The maximum absolute atomic E-state index is 13.9. The molecule has 0 radical (unpaired) electrons. The Kier molecular flexibility index (Phi) is 5.93. The first-order chi connectivity index (χ1) is 11.4. The number of rotatable bonds is 6. The number of ether oxygens (including phenoxy) is 1. The molecule has 2 rings (SSSR count). The Hall–Kier alpha value is -2.40. The highest BCUT2D eigenvalue weighted by Gasteiger charge is 2.14. The molecule has 24 heavy (non-hydrogen) atoms. The summed E-state index contributed by atoms with van der Waals surface area (Å²) in [6.07, 6.45) is 0. The van der Waals surface area contributed by atoms with Gasteiger partial charge in [-0.15, -0.1) is 0 Å². The van der Waals surface area contributed by atoms with Crippen molar-refractivity contribution in [2.45, 2.75) is 32.9 Å². The Balaban J connectivity index is 2.09. The molecule has 0 aromatic heterocycles. The van der Waals surface area contributed by atoms with Crippen LogP contribution < -0.4 is 15.4 Å². The van der Waals surface area contributed by atoms with Gasteiger partial charge in [-0.25, -0.2) is 4.39 Å². The Morgan fingerprint density at radius 1 is 1.08 bits per heavy atom. The molecule has 128 valence electrons. The van der Waals surface area contributed by atoms with Gasteiger partial charge in [-0.3, -0.25) is 4.79 Å². The van der Waals surface area contributed by atoms with Gasteiger partial charge in [0.2, 0.25) is 5.91 Å². The third kappa shape index (κ3) is 4.55. The van der Waals surface area contributed by atoms with Crippen LogP contribution >= 0.6 is 0 Å². The van der Waals surface area contributed by atoms with Crippen LogP contribution in [0.4, 0.5) is 10.1 Å². The predicted octanol–water partition coefficient (Wildman–Crippen LogP) is 4.20. The highest BCUT2D eigenvalue weighted by molar-refractivity contribution is 5.88. The monoisotopic (exact) mass is 330 g/mol. The molecule has 0 bridgehead atoms. The van der Waals surface area contributed by atoms with Crippen LogP contribution in [0.1, 0.15) is 44.0 Å². The van der Waals surface area contributed by atoms with Crippen molar-refractivity contribution in [3.05, 3.63) is 59.4 Å². The highest BCUT2D eigenvalue weighted by Crippen LogP contribution is 2.25. The van der Waals surface area contributed by atoms with E-state index < -0.39 is 0 Å². The van der Waals surface area contributed by atoms with Crippen LogP contribution in [0.3, 0.4) is 0 Å². The number of hydrogen-bond acceptors (Lipinski definition) is 3. The molecule has 0 aliphatic rings. The number of hydrogen-bond donors (Lipinski definition) is 2. The summed E-state index contributed by atoms with van der Waals surface area (Å²) in [5.74, 6) is -0.235. The molecule has 0 saturated carbocycles. The van der Waals surface area contributed by atoms with E-state index in [9.17, 15) is 9.18 Å². The normalized spacial score (nSPS) is 13.2. The number of benzene rings is 2. The average molecular weight is 330 g/mol. The van der Waals surface area contributed by atoms with Crippen molar-refractivity contribution in [2.75, 3.05) is 12.4 Å². The average Bonchev–Trinajstić information content (AvgIpc) is 2.54. The van der Waals surface area contributed by atoms with E-state index in [1.54, 1.807) is 6.07 Å². The molecule has 2 unspecified atom stereocenters. The lowest BCUT2D eigenvalue weighted by Crippen LogP contribution is -2.22. The van der Waals surface area contributed by atoms with Gasteiger partial charge in [-0.2, -0.15) is 0 Å². The fourth-order valence-electron chi connectivity index (χ4n) is 2.61. The third-order valence-electron chi connectivity index (χ3n) is 3.88. The van der Waals surface area contributed by atoms with Crippen LogP contribution in [0.5, 0.6) is 5.75 Å². The maximum Gasteiger partial charge on any atom is 0.221 e. The number of carbonyl (C=O) groups is 1. The van der Waals surface area contributed by atoms with E-state index in [4.69, 9.17) is 4.74 Å². The summed E-state index contributed by atoms with van der Waals surface area (Å²) in [4.78, 5) is 11.2. The largest absolute Gasteiger partial charge is 0.494 e. The predicted molar refractivity (Wildman–Crippen MR) is 93.7 cm³/mol. The van der Waals surface area contributed by atoms with Crippen molar-refractivity contribution >= 4 is 11.6 Å². The minimum Gasteiger partial charge on any atom is -0.494 e. The van der Waals surface area contributed by atoms with Crippen molar-refractivity contribution in [2.24, 2.45) is 0 Å². The molecule has 2 aromatic carbocycles. The summed E-state index contributed by atoms with van der Waals surface area (Å²) in [7, 11) is 1.45. The number of amides is 1. The number of halogens is 1. The fraction of sp³-hybridized carbons (Fsp3) is 0.316. The summed E-state index contributed by atoms with van der Waals surface area (Å²) < 4.78 is 18.8. The van der Waals surface area contributed by atoms with Gasteiger partial charge in [0.05, 0.1) is 7.11 Å². The second kappa shape index (κ2) is 7.93. The number of carbonyl (C=O) groups excluding carboxylic acids is 1. The van der Waals surface area contributed by atoms with E-state index >= 15 is 0 Å². The highest BCUT2D eigenvalue weighted by atomic mass is 19.1. The molecule has 5 heteroatoms. The van der Waals surface area contributed by atoms with Crippen molar-refractivity contribution in [3.8, 4) is 5.75 Å². The van der Waals surface area contributed by atoms with Gasteiger partial charge < -0.3 is 15.4 Å². The zero-order valence-electron chi connectivity index (χ0n) is 14.4. The molecule has 0 fully saturated rings. The van der Waals surface area contributed by atoms with Gasteiger partial charge in [0, 0.05) is 24.7 Å². The second-order valence-electron chi connectivity index (χ2n) is 5.81. The lowest BCUT2D eigenvalue weighted by atomic mass is 10.0. The van der Waals surface area contributed by atoms with Crippen LogP contribution in [-0.2, 0) is 4.79 Å². The molecule has 2 atom stereocenters. The summed E-state index contributed by atoms with van der Waals surface area (Å²) >= 11 is 0. The van der Waals surface area contributed by atoms with Crippen LogP contribution in [0.15, 0.2) is 42.5 Å². The van der Waals surface area contributed by atoms with Crippen molar-refractivity contribution in [1.29, 1.82) is 0 Å². The SMILES string of the molecule is COc1ccc(C(C)NC(C)c2cccc(NC(C)=O)c2)cc1F. The molecular formula is C19H23FN2O2. The molecule has 0 aliphatic carbocycles. The minimum atomic E-state index is -0.371. The second-order valence-corrected chi connectivity index (χ2v) is 5.81. The van der Waals surface area contributed by atoms with E-state index in [1.807, 2.05) is 44.2 Å². The maximum atomic E-state index is 13.9. The minimum absolute atomic E-state index is 0.0372. The number of methoxy groups -OCH3 is 1. The quantitative estimate of drug-likeness (QED) is 0.834. The molecule has 4 nitrogen and oxygen atoms in total. The standard InChI is InChI=1S/C19H23FN2O2/c1-12(15-6-5-7-17(10-15)22-14(3)23)21-13(2)16-8-9-19(24-4)18(20)11-16/h5-13,21H,1-4H3,(H,22,23). The van der Waals surface area contributed by atoms with E-state index in [-0.39, 0.29) is 29.6 Å². The van der Waals surface area contributed by atoms with Crippen molar-refractivity contribution in [3.63, 3.8) is 0 Å². The van der Waals surface area contributed by atoms with E-state index in [1.165, 1.54) is 20.1 Å². The Labute approximate surface area is 142 Å². The summed E-state index contributed by atoms with van der Waals surface area (Å²) in [6, 6.07) is 12.6. The third-order valence-corrected chi connectivity index (χ3v) is 3.88. The van der Waals surface area contributed by atoms with Crippen LogP contribution in [0.25, 0.3) is 0 Å². The number of nitrogens with one attached hydrogen (secondary N) is 2. The van der Waals surface area contributed by atoms with Crippen LogP contribution in [0, 0.1) is 5.82 Å². The van der Waals surface area contributed by atoms with Crippen LogP contribution in [-0.4, -0.2) is 13.0 Å². The van der Waals surface area contributed by atoms with Gasteiger partial charge in [0.15, 0.2) is 11.6 Å². The van der Waals surface area contributed by atoms with E-state index in [0.29, 0.717) is 0 Å². The molecule has 0 heterocycles. The first-order valence-corrected chi connectivity index (χ1v) is 7.87. The summed E-state index contributed by atoms with van der Waals surface area (Å²) in [5, 5.41) is 6.21. The lowest BCUT2D eigenvalue weighted by molar-refractivity contribution is -0.114. The smallest absolute Gasteiger partial charge is 0.221 e. The van der Waals surface area contributed by atoms with Gasteiger partial charge in [0.25, 0.3) is 0 Å². The Morgan fingerprint density at radius 2 is 1.75 bits per heavy atom. The van der Waals surface area contributed by atoms with E-state index in [0.717, 1.165) is 16.8 Å². The molecule has 2 aromatic rings. The van der Waals surface area contributed by atoms with Gasteiger partial charge >= 0.3 is 0 Å². The molecule has 0 aliphatic heterocycles. The Morgan fingerprint density at radius 3 is 2.33 bits per heavy atom. The lowest BCUT2D eigenvalue weighted by Gasteiger charge is -2.21. The molecular weight excluding hydrogens is 307 g/mol. The molecule has 0 spiro atoms. The van der Waals surface area contributed by atoms with Gasteiger partial charge in [-0.05, 0) is 49.2 Å². The fourth-order valence-corrected chi connectivity index (χ4v) is 2.61. The van der Waals surface area contributed by atoms with Crippen molar-refractivity contribution < 1.29 is 13.9 Å². The van der Waals surface area contributed by atoms with Crippen molar-refractivity contribution in [1.82, 2.24) is 5.32 Å². The first-order valence-electron chi connectivity index (χ1n) is 7.87. The Bertz CT molecular complexity index is 718. The molecule has 0 saturated heterocycles. The van der Waals surface area contributed by atoms with Gasteiger partial charge in [-0.1, -0.05) is 18.2 Å². The van der Waals surface area contributed by atoms with Crippen LogP contribution in [0.2, 0.25) is 0 Å². The topological polar surface area (TPSA) is 50.4 Å². The summed E-state index contributed by atoms with van der Waals surface area (Å²) in [5.41, 5.74) is 2.65. The molecule has 1 amide bonds. The first kappa shape index (κ1) is 17.9. The zero-order valence-corrected chi connectivity index (χ0v) is 14.4. The molecule has 2 N–H and O–H groups in total. The number of anilines is 1.